The normalized spacial score (nSPS) is 13.2. The molecule has 1 aliphatic rings. The van der Waals surface area contributed by atoms with Crippen molar-refractivity contribution >= 4 is 38.9 Å². The SMILES string of the molecule is Cc1ccccc1-c1c(C)ccc(-c2c(C)c3c4c([nH]c3c3oc5ccccc5c23)CCC=C4)c1C. The number of aromatic amines is 1. The number of H-pyrrole nitrogens is 1. The first-order chi connectivity index (χ1) is 17.5. The zero-order valence-corrected chi connectivity index (χ0v) is 21.3. The third kappa shape index (κ3) is 2.85. The summed E-state index contributed by atoms with van der Waals surface area (Å²) < 4.78 is 6.60. The first-order valence-corrected chi connectivity index (χ1v) is 12.9. The number of furan rings is 1. The predicted molar refractivity (Wildman–Crippen MR) is 153 cm³/mol. The topological polar surface area (TPSA) is 28.9 Å². The van der Waals surface area contributed by atoms with Crippen LogP contribution in [0, 0.1) is 27.7 Å². The van der Waals surface area contributed by atoms with E-state index in [4.69, 9.17) is 4.42 Å². The van der Waals surface area contributed by atoms with Crippen LogP contribution >= 0.6 is 0 Å². The number of hydrogen-bond donors (Lipinski definition) is 1. The van der Waals surface area contributed by atoms with E-state index in [1.807, 2.05) is 0 Å². The van der Waals surface area contributed by atoms with Gasteiger partial charge in [0, 0.05) is 27.4 Å². The van der Waals surface area contributed by atoms with E-state index in [-0.39, 0.29) is 0 Å². The van der Waals surface area contributed by atoms with Gasteiger partial charge in [-0.2, -0.15) is 0 Å². The Labute approximate surface area is 211 Å². The molecule has 0 amide bonds. The number of para-hydroxylation sites is 1. The maximum absolute atomic E-state index is 6.60. The molecule has 4 aromatic carbocycles. The molecule has 6 aromatic rings. The van der Waals surface area contributed by atoms with Crippen molar-refractivity contribution in [1.82, 2.24) is 4.98 Å². The van der Waals surface area contributed by atoms with Gasteiger partial charge in [0.25, 0.3) is 0 Å². The second kappa shape index (κ2) is 7.73. The molecule has 0 saturated carbocycles. The number of hydrogen-bond acceptors (Lipinski definition) is 1. The van der Waals surface area contributed by atoms with Crippen LogP contribution in [-0.2, 0) is 6.42 Å². The summed E-state index contributed by atoms with van der Waals surface area (Å²) in [6, 6.07) is 21.8. The summed E-state index contributed by atoms with van der Waals surface area (Å²) in [6.07, 6.45) is 6.71. The summed E-state index contributed by atoms with van der Waals surface area (Å²) in [5.41, 5.74) is 16.1. The van der Waals surface area contributed by atoms with E-state index < -0.39 is 0 Å². The van der Waals surface area contributed by atoms with Gasteiger partial charge in [0.05, 0.1) is 5.52 Å². The maximum atomic E-state index is 6.60. The third-order valence-corrected chi connectivity index (χ3v) is 8.15. The highest BCUT2D eigenvalue weighted by Gasteiger charge is 2.25. The predicted octanol–water partition coefficient (Wildman–Crippen LogP) is 9.59. The molecule has 1 aliphatic carbocycles. The zero-order chi connectivity index (χ0) is 24.6. The molecule has 2 aromatic heterocycles. The Balaban J connectivity index is 1.67. The molecular formula is C34H29NO. The van der Waals surface area contributed by atoms with Crippen molar-refractivity contribution in [3.8, 4) is 22.3 Å². The number of nitrogens with one attached hydrogen (secondary N) is 1. The molecule has 0 unspecified atom stereocenters. The van der Waals surface area contributed by atoms with E-state index in [2.05, 4.69) is 105 Å². The minimum Gasteiger partial charge on any atom is -0.454 e. The summed E-state index contributed by atoms with van der Waals surface area (Å²) in [6.45, 7) is 9.01. The highest BCUT2D eigenvalue weighted by molar-refractivity contribution is 6.23. The minimum atomic E-state index is 0.938. The number of allylic oxidation sites excluding steroid dienone is 1. The third-order valence-electron chi connectivity index (χ3n) is 8.15. The fourth-order valence-corrected chi connectivity index (χ4v) is 6.44. The van der Waals surface area contributed by atoms with Crippen LogP contribution in [0.2, 0.25) is 0 Å². The Morgan fingerprint density at radius 3 is 2.39 bits per heavy atom. The molecule has 2 heteroatoms. The second-order valence-corrected chi connectivity index (χ2v) is 10.3. The number of benzene rings is 4. The van der Waals surface area contributed by atoms with Crippen LogP contribution in [0.4, 0.5) is 0 Å². The van der Waals surface area contributed by atoms with Crippen molar-refractivity contribution in [3.05, 3.63) is 100 Å². The molecule has 0 aliphatic heterocycles. The Hall–Kier alpha value is -4.04. The summed E-state index contributed by atoms with van der Waals surface area (Å²) in [4.78, 5) is 3.76. The summed E-state index contributed by atoms with van der Waals surface area (Å²) in [5.74, 6) is 0. The molecule has 2 nitrogen and oxygen atoms in total. The van der Waals surface area contributed by atoms with Crippen molar-refractivity contribution < 1.29 is 4.42 Å². The van der Waals surface area contributed by atoms with Gasteiger partial charge in [-0.15, -0.1) is 0 Å². The van der Waals surface area contributed by atoms with E-state index in [9.17, 15) is 0 Å². The van der Waals surface area contributed by atoms with E-state index in [1.54, 1.807) is 0 Å². The van der Waals surface area contributed by atoms with Gasteiger partial charge in [-0.1, -0.05) is 66.7 Å². The molecule has 1 N–H and O–H groups in total. The molecule has 2 heterocycles. The van der Waals surface area contributed by atoms with Gasteiger partial charge in [-0.3, -0.25) is 0 Å². The van der Waals surface area contributed by atoms with Gasteiger partial charge in [-0.05, 0) is 91.1 Å². The van der Waals surface area contributed by atoms with Crippen LogP contribution in [0.3, 0.4) is 0 Å². The molecule has 36 heavy (non-hydrogen) atoms. The number of rotatable bonds is 2. The molecule has 0 atom stereocenters. The summed E-state index contributed by atoms with van der Waals surface area (Å²) >= 11 is 0. The van der Waals surface area contributed by atoms with Gasteiger partial charge in [0.15, 0.2) is 5.58 Å². The van der Waals surface area contributed by atoms with Crippen LogP contribution < -0.4 is 0 Å². The van der Waals surface area contributed by atoms with Gasteiger partial charge in [0.2, 0.25) is 0 Å². The van der Waals surface area contributed by atoms with Crippen LogP contribution in [0.25, 0.3) is 61.2 Å². The molecule has 0 radical (unpaired) electrons. The summed E-state index contributed by atoms with van der Waals surface area (Å²) in [5, 5.41) is 3.67. The van der Waals surface area contributed by atoms with Gasteiger partial charge >= 0.3 is 0 Å². The molecule has 7 rings (SSSR count). The minimum absolute atomic E-state index is 0.938. The van der Waals surface area contributed by atoms with Crippen molar-refractivity contribution in [2.24, 2.45) is 0 Å². The zero-order valence-electron chi connectivity index (χ0n) is 21.3. The van der Waals surface area contributed by atoms with Crippen molar-refractivity contribution in [1.29, 1.82) is 0 Å². The van der Waals surface area contributed by atoms with Gasteiger partial charge in [-0.25, -0.2) is 0 Å². The molecule has 0 spiro atoms. The molecular weight excluding hydrogens is 438 g/mol. The molecule has 0 saturated heterocycles. The maximum Gasteiger partial charge on any atom is 0.160 e. The van der Waals surface area contributed by atoms with Crippen LogP contribution in [0.15, 0.2) is 71.2 Å². The first kappa shape index (κ1) is 21.3. The Morgan fingerprint density at radius 1 is 0.722 bits per heavy atom. The molecule has 0 bridgehead atoms. The van der Waals surface area contributed by atoms with Crippen LogP contribution in [-0.4, -0.2) is 4.98 Å². The van der Waals surface area contributed by atoms with Crippen molar-refractivity contribution in [2.45, 2.75) is 40.5 Å². The number of aryl methyl sites for hydroxylation is 4. The lowest BCUT2D eigenvalue weighted by Crippen LogP contribution is -1.96. The average Bonchev–Trinajstić information content (AvgIpc) is 3.46. The standard InChI is InChI=1S/C34H29NO/c1-19-11-5-6-12-23(19)29-20(2)17-18-24(21(29)3)30-22(4)31-25-13-7-9-15-27(25)35-33(31)34-32(30)26-14-8-10-16-28(26)36-34/h5-8,10-14,16-18,35H,9,15H2,1-4H3. The lowest BCUT2D eigenvalue weighted by atomic mass is 9.84. The number of aromatic nitrogens is 1. The van der Waals surface area contributed by atoms with E-state index in [0.717, 1.165) is 29.5 Å². The van der Waals surface area contributed by atoms with Crippen LogP contribution in [0.5, 0.6) is 0 Å². The summed E-state index contributed by atoms with van der Waals surface area (Å²) in [7, 11) is 0. The molecule has 0 fully saturated rings. The van der Waals surface area contributed by atoms with Crippen LogP contribution in [0.1, 0.15) is 39.9 Å². The first-order valence-electron chi connectivity index (χ1n) is 12.9. The van der Waals surface area contributed by atoms with Crippen molar-refractivity contribution in [2.75, 3.05) is 0 Å². The Bertz CT molecular complexity index is 1880. The van der Waals surface area contributed by atoms with E-state index in [0.29, 0.717) is 0 Å². The Kier molecular flexibility index (Phi) is 4.56. The monoisotopic (exact) mass is 467 g/mol. The Morgan fingerprint density at radius 2 is 1.53 bits per heavy atom. The quantitative estimate of drug-likeness (QED) is 0.270. The second-order valence-electron chi connectivity index (χ2n) is 10.3. The number of fused-ring (bicyclic) bond motifs is 7. The van der Waals surface area contributed by atoms with E-state index in [1.165, 1.54) is 71.9 Å². The smallest absolute Gasteiger partial charge is 0.160 e. The highest BCUT2D eigenvalue weighted by Crippen LogP contribution is 2.48. The van der Waals surface area contributed by atoms with Crippen molar-refractivity contribution in [3.63, 3.8) is 0 Å². The molecule has 176 valence electrons. The largest absolute Gasteiger partial charge is 0.454 e. The average molecular weight is 468 g/mol. The lowest BCUT2D eigenvalue weighted by molar-refractivity contribution is 0.671. The fraction of sp³-hybridized carbons (Fsp3) is 0.176. The van der Waals surface area contributed by atoms with Gasteiger partial charge < -0.3 is 9.40 Å². The van der Waals surface area contributed by atoms with E-state index >= 15 is 0 Å². The fourth-order valence-electron chi connectivity index (χ4n) is 6.44. The van der Waals surface area contributed by atoms with Gasteiger partial charge in [0.1, 0.15) is 5.58 Å². The highest BCUT2D eigenvalue weighted by atomic mass is 16.3. The lowest BCUT2D eigenvalue weighted by Gasteiger charge is -2.19.